The minimum Gasteiger partial charge on any atom is -0.459 e. The second-order valence-corrected chi connectivity index (χ2v) is 7.68. The van der Waals surface area contributed by atoms with Crippen LogP contribution in [0.5, 0.6) is 0 Å². The lowest BCUT2D eigenvalue weighted by Crippen LogP contribution is -2.42. The van der Waals surface area contributed by atoms with Crippen LogP contribution in [0.15, 0.2) is 0 Å². The first-order chi connectivity index (χ1) is 11.1. The molecule has 0 spiro atoms. The van der Waals surface area contributed by atoms with Crippen LogP contribution in [0.4, 0.5) is 0 Å². The summed E-state index contributed by atoms with van der Waals surface area (Å²) in [6, 6.07) is 0. The molecule has 1 rings (SSSR count). The number of carbonyl (C=O) groups is 1. The van der Waals surface area contributed by atoms with Crippen molar-refractivity contribution in [3.05, 3.63) is 0 Å². The highest BCUT2D eigenvalue weighted by molar-refractivity contribution is 5.69. The zero-order valence-electron chi connectivity index (χ0n) is 15.8. The molecule has 1 saturated heterocycles. The van der Waals surface area contributed by atoms with Crippen molar-refractivity contribution in [3.63, 3.8) is 0 Å². The van der Waals surface area contributed by atoms with Crippen LogP contribution in [0.25, 0.3) is 0 Å². The summed E-state index contributed by atoms with van der Waals surface area (Å²) in [6.07, 6.45) is 14.3. The molecule has 1 aliphatic rings. The molecule has 0 saturated carbocycles. The lowest BCUT2D eigenvalue weighted by molar-refractivity contribution is -0.162. The van der Waals surface area contributed by atoms with Gasteiger partial charge in [0.1, 0.15) is 5.60 Å². The van der Waals surface area contributed by atoms with Gasteiger partial charge in [-0.25, -0.2) is 0 Å². The van der Waals surface area contributed by atoms with E-state index in [0.717, 1.165) is 38.8 Å². The van der Waals surface area contributed by atoms with Crippen LogP contribution in [0, 0.1) is 5.92 Å². The van der Waals surface area contributed by atoms with E-state index in [-0.39, 0.29) is 11.6 Å². The van der Waals surface area contributed by atoms with Crippen LogP contribution >= 0.6 is 0 Å². The van der Waals surface area contributed by atoms with Crippen LogP contribution in [-0.2, 0) is 9.53 Å². The maximum atomic E-state index is 12.1. The third-order valence-corrected chi connectivity index (χ3v) is 5.18. The number of carbonyl (C=O) groups excluding carboxylic acids is 1. The van der Waals surface area contributed by atoms with Gasteiger partial charge >= 0.3 is 5.97 Å². The van der Waals surface area contributed by atoms with Gasteiger partial charge in [-0.15, -0.1) is 0 Å². The monoisotopic (exact) mass is 325 g/mol. The van der Waals surface area contributed by atoms with E-state index in [1.807, 2.05) is 0 Å². The number of ether oxygens (including phenoxy) is 1. The molecule has 136 valence electrons. The van der Waals surface area contributed by atoms with Gasteiger partial charge in [0, 0.05) is 12.3 Å². The number of esters is 1. The van der Waals surface area contributed by atoms with E-state index in [0.29, 0.717) is 12.3 Å². The van der Waals surface area contributed by atoms with Gasteiger partial charge < -0.3 is 10.1 Å². The number of hydrogen-bond acceptors (Lipinski definition) is 3. The topological polar surface area (TPSA) is 38.3 Å². The first-order valence-electron chi connectivity index (χ1n) is 9.99. The number of piperidine rings is 1. The van der Waals surface area contributed by atoms with Crippen molar-refractivity contribution < 1.29 is 9.53 Å². The zero-order valence-corrected chi connectivity index (χ0v) is 15.8. The van der Waals surface area contributed by atoms with Crippen molar-refractivity contribution in [2.45, 2.75) is 103 Å². The van der Waals surface area contributed by atoms with Gasteiger partial charge in [-0.3, -0.25) is 4.79 Å². The Hall–Kier alpha value is -0.570. The van der Waals surface area contributed by atoms with Crippen LogP contribution in [0.3, 0.4) is 0 Å². The molecule has 0 aromatic heterocycles. The number of rotatable bonds is 12. The van der Waals surface area contributed by atoms with E-state index >= 15 is 0 Å². The fourth-order valence-corrected chi connectivity index (χ4v) is 3.52. The first kappa shape index (κ1) is 20.5. The lowest BCUT2D eigenvalue weighted by Gasteiger charge is -2.36. The van der Waals surface area contributed by atoms with Crippen LogP contribution < -0.4 is 5.32 Å². The minimum atomic E-state index is -0.307. The summed E-state index contributed by atoms with van der Waals surface area (Å²) >= 11 is 0. The summed E-state index contributed by atoms with van der Waals surface area (Å²) in [7, 11) is 0. The Labute approximate surface area is 143 Å². The second-order valence-electron chi connectivity index (χ2n) is 7.68. The normalized spacial score (nSPS) is 16.5. The van der Waals surface area contributed by atoms with Crippen LogP contribution in [0.1, 0.15) is 97.8 Å². The minimum absolute atomic E-state index is 0.00326. The van der Waals surface area contributed by atoms with Gasteiger partial charge in [0.2, 0.25) is 0 Å². The molecule has 0 amide bonds. The second kappa shape index (κ2) is 11.9. The Kier molecular flexibility index (Phi) is 10.6. The Bertz CT molecular complexity index is 309. The summed E-state index contributed by atoms with van der Waals surface area (Å²) in [6.45, 7) is 8.51. The Balaban J connectivity index is 2.03. The molecule has 0 radical (unpaired) electrons. The van der Waals surface area contributed by atoms with Gasteiger partial charge in [-0.2, -0.15) is 0 Å². The average Bonchev–Trinajstić information content (AvgIpc) is 2.54. The third kappa shape index (κ3) is 9.34. The molecule has 3 nitrogen and oxygen atoms in total. The van der Waals surface area contributed by atoms with Crippen LogP contribution in [0.2, 0.25) is 0 Å². The van der Waals surface area contributed by atoms with E-state index in [1.165, 1.54) is 44.9 Å². The van der Waals surface area contributed by atoms with Gasteiger partial charge in [0.15, 0.2) is 0 Å². The molecule has 0 bridgehead atoms. The average molecular weight is 326 g/mol. The summed E-state index contributed by atoms with van der Waals surface area (Å²) in [5.41, 5.74) is -0.307. The van der Waals surface area contributed by atoms with Crippen molar-refractivity contribution in [3.8, 4) is 0 Å². The molecule has 1 aliphatic heterocycles. The van der Waals surface area contributed by atoms with Gasteiger partial charge in [0.05, 0.1) is 0 Å². The maximum absolute atomic E-state index is 12.1. The SMILES string of the molecule is CCCCCCCCCCCC(=O)OC(C)(C)C1CCNCC1. The molecule has 0 aliphatic carbocycles. The van der Waals surface area contributed by atoms with E-state index in [1.54, 1.807) is 0 Å². The Morgan fingerprint density at radius 3 is 2.04 bits per heavy atom. The fourth-order valence-electron chi connectivity index (χ4n) is 3.52. The smallest absolute Gasteiger partial charge is 0.306 e. The largest absolute Gasteiger partial charge is 0.459 e. The maximum Gasteiger partial charge on any atom is 0.306 e. The number of unbranched alkanes of at least 4 members (excludes halogenated alkanes) is 8. The molecule has 0 atom stereocenters. The van der Waals surface area contributed by atoms with Crippen LogP contribution in [-0.4, -0.2) is 24.7 Å². The highest BCUT2D eigenvalue weighted by atomic mass is 16.6. The highest BCUT2D eigenvalue weighted by Crippen LogP contribution is 2.29. The Morgan fingerprint density at radius 2 is 1.48 bits per heavy atom. The molecule has 0 unspecified atom stereocenters. The van der Waals surface area contributed by atoms with Gasteiger partial charge in [-0.05, 0) is 46.2 Å². The van der Waals surface area contributed by atoms with Crippen molar-refractivity contribution in [1.82, 2.24) is 5.32 Å². The van der Waals surface area contributed by atoms with E-state index in [9.17, 15) is 4.79 Å². The standard InChI is InChI=1S/C20H39NO2/c1-4-5-6-7-8-9-10-11-12-13-19(22)23-20(2,3)18-14-16-21-17-15-18/h18,21H,4-17H2,1-3H3. The molecule has 1 fully saturated rings. The molecular weight excluding hydrogens is 286 g/mol. The quantitative estimate of drug-likeness (QED) is 0.394. The number of nitrogens with one attached hydrogen (secondary N) is 1. The van der Waals surface area contributed by atoms with E-state index < -0.39 is 0 Å². The summed E-state index contributed by atoms with van der Waals surface area (Å²) < 4.78 is 5.78. The molecule has 3 heteroatoms. The molecule has 0 aromatic rings. The molecule has 1 heterocycles. The summed E-state index contributed by atoms with van der Waals surface area (Å²) in [5.74, 6) is 0.493. The molecule has 1 N–H and O–H groups in total. The summed E-state index contributed by atoms with van der Waals surface area (Å²) in [5, 5.41) is 3.37. The zero-order chi connectivity index (χ0) is 17.0. The highest BCUT2D eigenvalue weighted by Gasteiger charge is 2.33. The lowest BCUT2D eigenvalue weighted by atomic mass is 9.83. The predicted octanol–water partition coefficient (Wildman–Crippen LogP) is 5.23. The van der Waals surface area contributed by atoms with Crippen molar-refractivity contribution in [2.24, 2.45) is 5.92 Å². The fraction of sp³-hybridized carbons (Fsp3) is 0.950. The predicted molar refractivity (Wildman–Crippen MR) is 97.6 cm³/mol. The van der Waals surface area contributed by atoms with Gasteiger partial charge in [-0.1, -0.05) is 58.3 Å². The molecular formula is C20H39NO2. The number of hydrogen-bond donors (Lipinski definition) is 1. The van der Waals surface area contributed by atoms with Crippen molar-refractivity contribution in [1.29, 1.82) is 0 Å². The van der Waals surface area contributed by atoms with Crippen molar-refractivity contribution in [2.75, 3.05) is 13.1 Å². The Morgan fingerprint density at radius 1 is 0.957 bits per heavy atom. The third-order valence-electron chi connectivity index (χ3n) is 5.18. The molecule has 23 heavy (non-hydrogen) atoms. The summed E-state index contributed by atoms with van der Waals surface area (Å²) in [4.78, 5) is 12.1. The van der Waals surface area contributed by atoms with E-state index in [4.69, 9.17) is 4.74 Å². The first-order valence-corrected chi connectivity index (χ1v) is 9.99. The molecule has 0 aromatic carbocycles. The van der Waals surface area contributed by atoms with Crippen molar-refractivity contribution >= 4 is 5.97 Å². The van der Waals surface area contributed by atoms with Gasteiger partial charge in [0.25, 0.3) is 0 Å². The van der Waals surface area contributed by atoms with E-state index in [2.05, 4.69) is 26.1 Å².